The topological polar surface area (TPSA) is 87.3 Å². The van der Waals surface area contributed by atoms with E-state index in [2.05, 4.69) is 15.3 Å². The molecule has 3 rings (SSSR count). The zero-order valence-electron chi connectivity index (χ0n) is 10.8. The maximum absolute atomic E-state index is 12.0. The molecule has 0 atom stereocenters. The number of H-pyrrole nitrogens is 1. The van der Waals surface area contributed by atoms with Gasteiger partial charge < -0.3 is 15.0 Å². The molecule has 2 heterocycles. The van der Waals surface area contributed by atoms with Crippen molar-refractivity contribution in [3.63, 3.8) is 0 Å². The highest BCUT2D eigenvalue weighted by molar-refractivity contribution is 6.31. The molecule has 0 radical (unpaired) electrons. The van der Waals surface area contributed by atoms with Crippen LogP contribution in [-0.4, -0.2) is 40.1 Å². The third-order valence-electron chi connectivity index (χ3n) is 2.99. The Morgan fingerprint density at radius 3 is 2.95 bits per heavy atom. The van der Waals surface area contributed by atoms with Crippen LogP contribution in [0, 0.1) is 0 Å². The number of rotatable bonds is 2. The summed E-state index contributed by atoms with van der Waals surface area (Å²) in [5, 5.41) is 3.03. The number of nitrogens with zero attached hydrogens (tertiary/aromatic N) is 2. The van der Waals surface area contributed by atoms with E-state index in [9.17, 15) is 9.59 Å². The first-order chi connectivity index (χ1) is 10.1. The first-order valence-corrected chi connectivity index (χ1v) is 6.59. The predicted octanol–water partition coefficient (Wildman–Crippen LogP) is 2.25. The van der Waals surface area contributed by atoms with E-state index < -0.39 is 12.1 Å². The molecule has 1 aliphatic heterocycles. The number of carbonyl (C=O) groups excluding carboxylic acids is 2. The van der Waals surface area contributed by atoms with Gasteiger partial charge in [-0.15, -0.1) is 0 Å². The fourth-order valence-corrected chi connectivity index (χ4v) is 2.17. The molecule has 1 aliphatic rings. The smallest absolute Gasteiger partial charge is 0.409 e. The van der Waals surface area contributed by atoms with Crippen LogP contribution in [0.2, 0.25) is 5.02 Å². The number of ether oxygens (including phenoxy) is 1. The van der Waals surface area contributed by atoms with Crippen molar-refractivity contribution >= 4 is 23.7 Å². The Balaban J connectivity index is 1.88. The zero-order valence-corrected chi connectivity index (χ0v) is 11.6. The molecule has 0 aliphatic carbocycles. The number of hydrogen-bond donors (Lipinski definition) is 2. The number of halogens is 1. The Bertz CT molecular complexity index is 687. The number of aromatic nitrogens is 2. The lowest BCUT2D eigenvalue weighted by atomic mass is 10.1. The van der Waals surface area contributed by atoms with Gasteiger partial charge in [0, 0.05) is 23.3 Å². The lowest BCUT2D eigenvalue weighted by molar-refractivity contribution is 0.164. The van der Waals surface area contributed by atoms with Crippen molar-refractivity contribution in [2.75, 3.05) is 13.1 Å². The van der Waals surface area contributed by atoms with Crippen molar-refractivity contribution in [1.82, 2.24) is 20.2 Å². The van der Waals surface area contributed by atoms with Crippen molar-refractivity contribution in [3.8, 4) is 17.0 Å². The van der Waals surface area contributed by atoms with E-state index in [1.165, 1.54) is 6.33 Å². The summed E-state index contributed by atoms with van der Waals surface area (Å²) in [6.45, 7) is 0.698. The Kier molecular flexibility index (Phi) is 3.49. The van der Waals surface area contributed by atoms with E-state index in [0.29, 0.717) is 22.8 Å². The van der Waals surface area contributed by atoms with E-state index in [4.69, 9.17) is 16.3 Å². The Morgan fingerprint density at radius 1 is 1.43 bits per heavy atom. The third kappa shape index (κ3) is 2.68. The fourth-order valence-electron chi connectivity index (χ4n) is 1.99. The number of imidazole rings is 1. The second-order valence-electron chi connectivity index (χ2n) is 4.35. The molecule has 1 saturated heterocycles. The van der Waals surface area contributed by atoms with E-state index in [1.54, 1.807) is 24.4 Å². The van der Waals surface area contributed by atoms with Gasteiger partial charge in [-0.2, -0.15) is 0 Å². The summed E-state index contributed by atoms with van der Waals surface area (Å²) in [6.07, 6.45) is 2.44. The minimum Gasteiger partial charge on any atom is -0.409 e. The van der Waals surface area contributed by atoms with Crippen LogP contribution in [0.15, 0.2) is 30.7 Å². The number of amides is 3. The quantitative estimate of drug-likeness (QED) is 0.891. The molecule has 0 spiro atoms. The largest absolute Gasteiger partial charge is 0.423 e. The van der Waals surface area contributed by atoms with Crippen molar-refractivity contribution < 1.29 is 14.3 Å². The summed E-state index contributed by atoms with van der Waals surface area (Å²) in [5.41, 5.74) is 1.16. The summed E-state index contributed by atoms with van der Waals surface area (Å²) < 4.78 is 5.29. The molecule has 2 aromatic rings. The van der Waals surface area contributed by atoms with Crippen LogP contribution in [0.5, 0.6) is 5.75 Å². The summed E-state index contributed by atoms with van der Waals surface area (Å²) in [4.78, 5) is 31.4. The van der Waals surface area contributed by atoms with Crippen molar-refractivity contribution in [2.45, 2.75) is 0 Å². The van der Waals surface area contributed by atoms with Crippen LogP contribution in [0.3, 0.4) is 0 Å². The number of aromatic amines is 1. The van der Waals surface area contributed by atoms with Gasteiger partial charge in [0.2, 0.25) is 0 Å². The number of imide groups is 1. The maximum atomic E-state index is 12.0. The van der Waals surface area contributed by atoms with Gasteiger partial charge in [0.05, 0.1) is 18.6 Å². The van der Waals surface area contributed by atoms with Crippen LogP contribution in [0.25, 0.3) is 11.3 Å². The van der Waals surface area contributed by atoms with Crippen LogP contribution >= 0.6 is 11.6 Å². The SMILES string of the molecule is O=C1NCCN1C(=O)Oc1ccc(Cl)cc1-c1c[nH]cn1. The summed E-state index contributed by atoms with van der Waals surface area (Å²) >= 11 is 5.97. The minimum atomic E-state index is -0.732. The summed E-state index contributed by atoms with van der Waals surface area (Å²) in [7, 11) is 0. The molecular weight excluding hydrogens is 296 g/mol. The molecule has 2 N–H and O–H groups in total. The standard InChI is InChI=1S/C13H11ClN4O3/c14-8-1-2-11(9(5-8)10-6-15-7-17-10)21-13(20)18-4-3-16-12(18)19/h1-2,5-7H,3-4H2,(H,15,17)(H,16,19). The minimum absolute atomic E-state index is 0.281. The number of benzene rings is 1. The molecule has 0 bridgehead atoms. The molecule has 8 heteroatoms. The van der Waals surface area contributed by atoms with Gasteiger partial charge in [-0.05, 0) is 18.2 Å². The van der Waals surface area contributed by atoms with E-state index in [1.807, 2.05) is 0 Å². The Morgan fingerprint density at radius 2 is 2.29 bits per heavy atom. The second kappa shape index (κ2) is 5.45. The molecule has 1 aromatic heterocycles. The van der Waals surface area contributed by atoms with Gasteiger partial charge in [0.1, 0.15) is 5.75 Å². The van der Waals surface area contributed by atoms with Gasteiger partial charge >= 0.3 is 12.1 Å². The highest BCUT2D eigenvalue weighted by atomic mass is 35.5. The lowest BCUT2D eigenvalue weighted by Crippen LogP contribution is -2.36. The Labute approximate surface area is 124 Å². The molecule has 0 unspecified atom stereocenters. The number of urea groups is 1. The summed E-state index contributed by atoms with van der Waals surface area (Å²) in [6, 6.07) is 4.35. The first kappa shape index (κ1) is 13.4. The van der Waals surface area contributed by atoms with E-state index in [0.717, 1.165) is 4.90 Å². The van der Waals surface area contributed by atoms with Gasteiger partial charge in [-0.25, -0.2) is 19.5 Å². The molecular formula is C13H11ClN4O3. The van der Waals surface area contributed by atoms with Gasteiger partial charge in [-0.1, -0.05) is 11.6 Å². The Hall–Kier alpha value is -2.54. The average molecular weight is 307 g/mol. The van der Waals surface area contributed by atoms with E-state index in [-0.39, 0.29) is 12.3 Å². The highest BCUT2D eigenvalue weighted by Gasteiger charge is 2.28. The van der Waals surface area contributed by atoms with Crippen molar-refractivity contribution in [3.05, 3.63) is 35.7 Å². The van der Waals surface area contributed by atoms with E-state index >= 15 is 0 Å². The van der Waals surface area contributed by atoms with Crippen molar-refractivity contribution in [2.24, 2.45) is 0 Å². The molecule has 0 saturated carbocycles. The average Bonchev–Trinajstić information content (AvgIpc) is 3.11. The first-order valence-electron chi connectivity index (χ1n) is 6.21. The van der Waals surface area contributed by atoms with Crippen LogP contribution in [0.4, 0.5) is 9.59 Å². The summed E-state index contributed by atoms with van der Waals surface area (Å²) in [5.74, 6) is 0.288. The highest BCUT2D eigenvalue weighted by Crippen LogP contribution is 2.31. The molecule has 3 amide bonds. The number of nitrogens with one attached hydrogen (secondary N) is 2. The van der Waals surface area contributed by atoms with Crippen molar-refractivity contribution in [1.29, 1.82) is 0 Å². The van der Waals surface area contributed by atoms with Crippen LogP contribution in [-0.2, 0) is 0 Å². The monoisotopic (exact) mass is 306 g/mol. The predicted molar refractivity (Wildman–Crippen MR) is 75.2 cm³/mol. The number of carbonyl (C=O) groups is 2. The molecule has 21 heavy (non-hydrogen) atoms. The molecule has 1 aromatic carbocycles. The van der Waals surface area contributed by atoms with Crippen LogP contribution < -0.4 is 10.1 Å². The fraction of sp³-hybridized carbons (Fsp3) is 0.154. The van der Waals surface area contributed by atoms with Gasteiger partial charge in [0.15, 0.2) is 0 Å². The normalized spacial score (nSPS) is 14.1. The maximum Gasteiger partial charge on any atom is 0.423 e. The molecule has 1 fully saturated rings. The van der Waals surface area contributed by atoms with Gasteiger partial charge in [-0.3, -0.25) is 0 Å². The molecule has 7 nitrogen and oxygen atoms in total. The number of hydrogen-bond acceptors (Lipinski definition) is 4. The third-order valence-corrected chi connectivity index (χ3v) is 3.23. The lowest BCUT2D eigenvalue weighted by Gasteiger charge is -2.14. The molecule has 108 valence electrons. The van der Waals surface area contributed by atoms with Gasteiger partial charge in [0.25, 0.3) is 0 Å². The van der Waals surface area contributed by atoms with Crippen LogP contribution in [0.1, 0.15) is 0 Å². The zero-order chi connectivity index (χ0) is 14.8. The second-order valence-corrected chi connectivity index (χ2v) is 4.78.